The van der Waals surface area contributed by atoms with Crippen molar-refractivity contribution in [1.29, 1.82) is 0 Å². The number of fused-ring (bicyclic) bond motifs is 5. The lowest BCUT2D eigenvalue weighted by Crippen LogP contribution is -2.11. The van der Waals surface area contributed by atoms with Crippen molar-refractivity contribution in [3.8, 4) is 45.6 Å². The third-order valence-corrected chi connectivity index (χ3v) is 9.51. The predicted octanol–water partition coefficient (Wildman–Crippen LogP) is 11.4. The van der Waals surface area contributed by atoms with E-state index in [4.69, 9.17) is 37.6 Å². The van der Waals surface area contributed by atoms with E-state index in [-0.39, 0.29) is 24.7 Å². The lowest BCUT2D eigenvalue weighted by atomic mass is 9.99. The Hall–Kier alpha value is -7.39. The Kier molecular flexibility index (Phi) is 10.0. The van der Waals surface area contributed by atoms with Gasteiger partial charge in [0, 0.05) is 11.5 Å². The van der Waals surface area contributed by atoms with Gasteiger partial charge in [-0.25, -0.2) is 4.79 Å². The van der Waals surface area contributed by atoms with Crippen molar-refractivity contribution in [3.05, 3.63) is 180 Å². The minimum Gasteiger partial charge on any atom is -0.489 e. The SMILES string of the molecule is O=C(OCc1ccccc1)Oc1c(-c2ccc(OCc3ccccc3)cc2)c2c(c3c1oc1cc(OCc4ccccc4)c(OCc4ccccc4)cc13)OCO2. The summed E-state index contributed by atoms with van der Waals surface area (Å²) in [6.45, 7) is 0.976. The highest BCUT2D eigenvalue weighted by atomic mass is 16.7. The summed E-state index contributed by atoms with van der Waals surface area (Å²) < 4.78 is 49.5. The third-order valence-electron chi connectivity index (χ3n) is 9.51. The molecule has 9 nitrogen and oxygen atoms in total. The molecule has 2 heterocycles. The van der Waals surface area contributed by atoms with Gasteiger partial charge < -0.3 is 37.6 Å². The lowest BCUT2D eigenvalue weighted by Gasteiger charge is -2.15. The van der Waals surface area contributed by atoms with Crippen LogP contribution < -0.4 is 28.4 Å². The van der Waals surface area contributed by atoms with Gasteiger partial charge in [-0.2, -0.15) is 0 Å². The normalized spacial score (nSPS) is 11.7. The fourth-order valence-electron chi connectivity index (χ4n) is 6.70. The fourth-order valence-corrected chi connectivity index (χ4v) is 6.70. The van der Waals surface area contributed by atoms with E-state index < -0.39 is 6.16 Å². The molecule has 0 amide bonds. The lowest BCUT2D eigenvalue weighted by molar-refractivity contribution is 0.0930. The van der Waals surface area contributed by atoms with Gasteiger partial charge in [0.15, 0.2) is 34.3 Å². The van der Waals surface area contributed by atoms with E-state index in [0.717, 1.165) is 22.3 Å². The molecule has 0 atom stereocenters. The zero-order chi connectivity index (χ0) is 38.4. The quantitative estimate of drug-likeness (QED) is 0.0841. The molecule has 282 valence electrons. The summed E-state index contributed by atoms with van der Waals surface area (Å²) in [5.74, 6) is 2.59. The zero-order valence-electron chi connectivity index (χ0n) is 30.7. The van der Waals surface area contributed by atoms with Gasteiger partial charge in [0.2, 0.25) is 6.79 Å². The molecule has 0 bridgehead atoms. The molecule has 9 heteroatoms. The molecular weight excluding hydrogens is 721 g/mol. The largest absolute Gasteiger partial charge is 0.514 e. The Labute approximate surface area is 328 Å². The standard InChI is InChI=1S/C48H36O9/c49-48(53-30-35-19-11-4-12-20-35)57-46-42(36-21-23-37(24-22-36)50-27-32-13-5-1-6-14-32)44-45(55-31-54-44)43-38-25-40(51-28-33-15-7-2-8-16-33)41(26-39(38)56-47(43)46)52-29-34-17-9-3-10-18-34/h1-26H,27-31H2. The first-order valence-electron chi connectivity index (χ1n) is 18.5. The summed E-state index contributed by atoms with van der Waals surface area (Å²) in [7, 11) is 0. The second-order valence-corrected chi connectivity index (χ2v) is 13.3. The smallest absolute Gasteiger partial charge is 0.489 e. The Morgan fingerprint density at radius 1 is 0.544 bits per heavy atom. The summed E-state index contributed by atoms with van der Waals surface area (Å²) >= 11 is 0. The number of hydrogen-bond donors (Lipinski definition) is 0. The summed E-state index contributed by atoms with van der Waals surface area (Å²) in [4.78, 5) is 13.5. The molecule has 8 aromatic rings. The molecule has 9 rings (SSSR count). The summed E-state index contributed by atoms with van der Waals surface area (Å²) in [5.41, 5.74) is 5.70. The van der Waals surface area contributed by atoms with Gasteiger partial charge in [0.05, 0.1) is 10.9 Å². The number of hydrogen-bond acceptors (Lipinski definition) is 9. The van der Waals surface area contributed by atoms with Gasteiger partial charge in [0.1, 0.15) is 37.8 Å². The van der Waals surface area contributed by atoms with Gasteiger partial charge in [-0.05, 0) is 46.0 Å². The second-order valence-electron chi connectivity index (χ2n) is 13.3. The number of furan rings is 1. The molecule has 7 aromatic carbocycles. The Morgan fingerprint density at radius 2 is 1.05 bits per heavy atom. The fraction of sp³-hybridized carbons (Fsp3) is 0.104. The van der Waals surface area contributed by atoms with Crippen LogP contribution in [0, 0.1) is 0 Å². The molecule has 0 radical (unpaired) electrons. The number of carbonyl (C=O) groups excluding carboxylic acids is 1. The number of carbonyl (C=O) groups is 1. The van der Waals surface area contributed by atoms with Crippen LogP contribution in [0.2, 0.25) is 0 Å². The van der Waals surface area contributed by atoms with Crippen LogP contribution in [0.5, 0.6) is 34.5 Å². The average Bonchev–Trinajstić information content (AvgIpc) is 3.90. The van der Waals surface area contributed by atoms with Crippen molar-refractivity contribution in [2.75, 3.05) is 6.79 Å². The first kappa shape index (κ1) is 35.3. The molecule has 1 aromatic heterocycles. The van der Waals surface area contributed by atoms with E-state index in [1.807, 2.05) is 152 Å². The molecule has 1 aliphatic rings. The highest BCUT2D eigenvalue weighted by Gasteiger charge is 2.33. The summed E-state index contributed by atoms with van der Waals surface area (Å²) in [6.07, 6.45) is -0.915. The Morgan fingerprint density at radius 3 is 1.63 bits per heavy atom. The molecule has 0 saturated heterocycles. The molecule has 0 saturated carbocycles. The number of ether oxygens (including phenoxy) is 7. The first-order chi connectivity index (χ1) is 28.2. The van der Waals surface area contributed by atoms with Gasteiger partial charge in [-0.3, -0.25) is 0 Å². The van der Waals surface area contributed by atoms with E-state index >= 15 is 0 Å². The Balaban J connectivity index is 1.14. The molecule has 0 spiro atoms. The van der Waals surface area contributed by atoms with Crippen LogP contribution >= 0.6 is 0 Å². The predicted molar refractivity (Wildman–Crippen MR) is 215 cm³/mol. The minimum atomic E-state index is -0.915. The molecular formula is C48H36O9. The van der Waals surface area contributed by atoms with E-state index in [1.54, 1.807) is 6.07 Å². The van der Waals surface area contributed by atoms with Crippen molar-refractivity contribution < 1.29 is 42.4 Å². The zero-order valence-corrected chi connectivity index (χ0v) is 30.7. The summed E-state index contributed by atoms with van der Waals surface area (Å²) in [5, 5.41) is 1.20. The molecule has 0 aliphatic carbocycles. The number of benzene rings is 7. The highest BCUT2D eigenvalue weighted by molar-refractivity contribution is 6.15. The molecule has 1 aliphatic heterocycles. The molecule has 0 fully saturated rings. The average molecular weight is 757 g/mol. The van der Waals surface area contributed by atoms with Crippen LogP contribution in [-0.4, -0.2) is 12.9 Å². The van der Waals surface area contributed by atoms with Crippen molar-refractivity contribution in [3.63, 3.8) is 0 Å². The maximum atomic E-state index is 13.5. The van der Waals surface area contributed by atoms with Crippen LogP contribution in [-0.2, 0) is 31.2 Å². The first-order valence-corrected chi connectivity index (χ1v) is 18.5. The van der Waals surface area contributed by atoms with Crippen molar-refractivity contribution in [2.45, 2.75) is 26.4 Å². The topological polar surface area (TPSA) is 94.8 Å². The van der Waals surface area contributed by atoms with E-state index in [1.165, 1.54) is 0 Å². The van der Waals surface area contributed by atoms with Crippen LogP contribution in [0.25, 0.3) is 33.1 Å². The highest BCUT2D eigenvalue weighted by Crippen LogP contribution is 2.56. The maximum Gasteiger partial charge on any atom is 0.514 e. The van der Waals surface area contributed by atoms with Gasteiger partial charge in [0.25, 0.3) is 0 Å². The van der Waals surface area contributed by atoms with Gasteiger partial charge in [-0.1, -0.05) is 133 Å². The van der Waals surface area contributed by atoms with Crippen molar-refractivity contribution in [2.24, 2.45) is 0 Å². The van der Waals surface area contributed by atoms with E-state index in [9.17, 15) is 4.79 Å². The summed E-state index contributed by atoms with van der Waals surface area (Å²) in [6, 6.07) is 50.2. The molecule has 0 unspecified atom stereocenters. The Bertz CT molecular complexity index is 2620. The van der Waals surface area contributed by atoms with Crippen LogP contribution in [0.3, 0.4) is 0 Å². The van der Waals surface area contributed by atoms with Crippen LogP contribution in [0.1, 0.15) is 22.3 Å². The maximum absolute atomic E-state index is 13.5. The number of rotatable bonds is 13. The van der Waals surface area contributed by atoms with Crippen LogP contribution in [0.4, 0.5) is 4.79 Å². The molecule has 0 N–H and O–H groups in total. The second kappa shape index (κ2) is 16.1. The monoisotopic (exact) mass is 756 g/mol. The van der Waals surface area contributed by atoms with Crippen molar-refractivity contribution in [1.82, 2.24) is 0 Å². The van der Waals surface area contributed by atoms with Crippen molar-refractivity contribution >= 4 is 28.1 Å². The van der Waals surface area contributed by atoms with E-state index in [0.29, 0.717) is 76.1 Å². The van der Waals surface area contributed by atoms with Gasteiger partial charge in [-0.15, -0.1) is 0 Å². The third kappa shape index (κ3) is 7.77. The van der Waals surface area contributed by atoms with Crippen LogP contribution in [0.15, 0.2) is 162 Å². The van der Waals surface area contributed by atoms with Gasteiger partial charge >= 0.3 is 6.16 Å². The molecule has 57 heavy (non-hydrogen) atoms. The van der Waals surface area contributed by atoms with E-state index in [2.05, 4.69) is 0 Å². The minimum absolute atomic E-state index is 0.0144.